The summed E-state index contributed by atoms with van der Waals surface area (Å²) in [4.78, 5) is 15.1. The van der Waals surface area contributed by atoms with E-state index in [4.69, 9.17) is 13.9 Å². The zero-order valence-electron chi connectivity index (χ0n) is 13.0. The quantitative estimate of drug-likeness (QED) is 0.659. The van der Waals surface area contributed by atoms with Gasteiger partial charge in [0.1, 0.15) is 12.4 Å². The van der Waals surface area contributed by atoms with Gasteiger partial charge in [-0.25, -0.2) is 4.79 Å². The average molecular weight is 325 g/mol. The van der Waals surface area contributed by atoms with Crippen LogP contribution in [0.3, 0.4) is 0 Å². The number of rotatable bonds is 5. The van der Waals surface area contributed by atoms with Gasteiger partial charge in [-0.1, -0.05) is 36.4 Å². The Morgan fingerprint density at radius 2 is 1.96 bits per heavy atom. The SMILES string of the molecule is COC(=O)Oc1coc(-c2cccc(OCc3ccccc3)c2)n1. The number of hydrogen-bond donors (Lipinski definition) is 0. The molecule has 3 rings (SSSR count). The van der Waals surface area contributed by atoms with Gasteiger partial charge in [-0.05, 0) is 23.8 Å². The standard InChI is InChI=1S/C18H15NO5/c1-21-18(20)24-16-12-23-17(19-16)14-8-5-9-15(10-14)22-11-13-6-3-2-4-7-13/h2-10,12H,11H2,1H3. The second kappa shape index (κ2) is 7.32. The molecule has 0 amide bonds. The summed E-state index contributed by atoms with van der Waals surface area (Å²) in [5, 5.41) is 0. The normalized spacial score (nSPS) is 10.2. The topological polar surface area (TPSA) is 70.8 Å². The summed E-state index contributed by atoms with van der Waals surface area (Å²) in [6.45, 7) is 0.465. The maximum Gasteiger partial charge on any atom is 0.515 e. The molecular formula is C18H15NO5. The van der Waals surface area contributed by atoms with Crippen LogP contribution in [0.2, 0.25) is 0 Å². The van der Waals surface area contributed by atoms with Crippen molar-refractivity contribution in [1.82, 2.24) is 4.98 Å². The number of oxazole rings is 1. The number of carbonyl (C=O) groups is 1. The van der Waals surface area contributed by atoms with Crippen LogP contribution in [0.25, 0.3) is 11.5 Å². The van der Waals surface area contributed by atoms with Crippen LogP contribution in [0, 0.1) is 0 Å². The van der Waals surface area contributed by atoms with Gasteiger partial charge in [-0.15, -0.1) is 0 Å². The van der Waals surface area contributed by atoms with E-state index in [2.05, 4.69) is 9.72 Å². The molecule has 0 N–H and O–H groups in total. The van der Waals surface area contributed by atoms with Crippen LogP contribution in [0.15, 0.2) is 65.3 Å². The number of carbonyl (C=O) groups excluding carboxylic acids is 1. The van der Waals surface area contributed by atoms with Crippen molar-refractivity contribution in [2.24, 2.45) is 0 Å². The van der Waals surface area contributed by atoms with E-state index in [0.717, 1.165) is 5.56 Å². The van der Waals surface area contributed by atoms with Gasteiger partial charge < -0.3 is 18.6 Å². The predicted molar refractivity (Wildman–Crippen MR) is 85.7 cm³/mol. The van der Waals surface area contributed by atoms with Crippen molar-refractivity contribution in [3.05, 3.63) is 66.4 Å². The van der Waals surface area contributed by atoms with Gasteiger partial charge in [0, 0.05) is 5.56 Å². The molecule has 0 aliphatic heterocycles. The second-order valence-corrected chi connectivity index (χ2v) is 4.85. The molecule has 0 saturated carbocycles. The third kappa shape index (κ3) is 3.92. The lowest BCUT2D eigenvalue weighted by molar-refractivity contribution is 0.119. The fourth-order valence-corrected chi connectivity index (χ4v) is 2.03. The lowest BCUT2D eigenvalue weighted by Crippen LogP contribution is -2.07. The predicted octanol–water partition coefficient (Wildman–Crippen LogP) is 4.07. The minimum atomic E-state index is -0.852. The van der Waals surface area contributed by atoms with Crippen molar-refractivity contribution in [2.45, 2.75) is 6.61 Å². The van der Waals surface area contributed by atoms with Crippen LogP contribution in [-0.2, 0) is 11.3 Å². The van der Waals surface area contributed by atoms with Crippen molar-refractivity contribution in [3.8, 4) is 23.1 Å². The largest absolute Gasteiger partial charge is 0.515 e. The minimum Gasteiger partial charge on any atom is -0.489 e. The fourth-order valence-electron chi connectivity index (χ4n) is 2.03. The third-order valence-corrected chi connectivity index (χ3v) is 3.17. The highest BCUT2D eigenvalue weighted by Crippen LogP contribution is 2.26. The molecule has 6 heteroatoms. The Morgan fingerprint density at radius 3 is 2.75 bits per heavy atom. The molecule has 0 aliphatic carbocycles. The summed E-state index contributed by atoms with van der Waals surface area (Å²) in [5.41, 5.74) is 1.79. The van der Waals surface area contributed by atoms with Crippen molar-refractivity contribution in [1.29, 1.82) is 0 Å². The molecule has 0 fully saturated rings. The Morgan fingerprint density at radius 1 is 1.12 bits per heavy atom. The van der Waals surface area contributed by atoms with Gasteiger partial charge in [0.2, 0.25) is 5.89 Å². The van der Waals surface area contributed by atoms with Crippen LogP contribution in [-0.4, -0.2) is 18.2 Å². The van der Waals surface area contributed by atoms with Gasteiger partial charge in [0.05, 0.1) is 7.11 Å². The molecule has 0 unspecified atom stereocenters. The third-order valence-electron chi connectivity index (χ3n) is 3.17. The van der Waals surface area contributed by atoms with E-state index in [1.54, 1.807) is 6.07 Å². The van der Waals surface area contributed by atoms with E-state index in [0.29, 0.717) is 23.8 Å². The molecule has 0 bridgehead atoms. The highest BCUT2D eigenvalue weighted by Gasteiger charge is 2.12. The lowest BCUT2D eigenvalue weighted by Gasteiger charge is -2.07. The van der Waals surface area contributed by atoms with Crippen LogP contribution in [0.1, 0.15) is 5.56 Å². The van der Waals surface area contributed by atoms with E-state index >= 15 is 0 Å². The zero-order chi connectivity index (χ0) is 16.8. The van der Waals surface area contributed by atoms with Gasteiger partial charge >= 0.3 is 6.16 Å². The molecule has 0 spiro atoms. The first-order chi connectivity index (χ1) is 11.7. The summed E-state index contributed by atoms with van der Waals surface area (Å²) >= 11 is 0. The number of methoxy groups -OCH3 is 1. The van der Waals surface area contributed by atoms with Gasteiger partial charge in [0.15, 0.2) is 6.26 Å². The Labute approximate surface area is 138 Å². The summed E-state index contributed by atoms with van der Waals surface area (Å²) in [6.07, 6.45) is 0.388. The number of nitrogens with zero attached hydrogens (tertiary/aromatic N) is 1. The van der Waals surface area contributed by atoms with Crippen LogP contribution < -0.4 is 9.47 Å². The molecule has 1 aromatic heterocycles. The molecule has 0 aliphatic rings. The van der Waals surface area contributed by atoms with E-state index in [1.807, 2.05) is 48.5 Å². The van der Waals surface area contributed by atoms with E-state index in [1.165, 1.54) is 13.4 Å². The molecule has 24 heavy (non-hydrogen) atoms. The molecular weight excluding hydrogens is 310 g/mol. The maximum absolute atomic E-state index is 11.1. The molecule has 2 aromatic carbocycles. The highest BCUT2D eigenvalue weighted by molar-refractivity contribution is 5.63. The minimum absolute atomic E-state index is 0.0347. The first-order valence-corrected chi connectivity index (χ1v) is 7.23. The van der Waals surface area contributed by atoms with Crippen LogP contribution in [0.4, 0.5) is 4.79 Å². The van der Waals surface area contributed by atoms with Crippen molar-refractivity contribution < 1.29 is 23.4 Å². The van der Waals surface area contributed by atoms with Crippen molar-refractivity contribution in [3.63, 3.8) is 0 Å². The van der Waals surface area contributed by atoms with E-state index < -0.39 is 6.16 Å². The van der Waals surface area contributed by atoms with Gasteiger partial charge in [-0.3, -0.25) is 0 Å². The summed E-state index contributed by atoms with van der Waals surface area (Å²) in [7, 11) is 1.22. The molecule has 3 aromatic rings. The zero-order valence-corrected chi connectivity index (χ0v) is 13.0. The molecule has 122 valence electrons. The van der Waals surface area contributed by atoms with Crippen molar-refractivity contribution >= 4 is 6.16 Å². The molecule has 1 heterocycles. The number of aromatic nitrogens is 1. The Kier molecular flexibility index (Phi) is 4.76. The number of benzene rings is 2. The Bertz CT molecular complexity index is 813. The summed E-state index contributed by atoms with van der Waals surface area (Å²) in [5.74, 6) is 1.04. The van der Waals surface area contributed by atoms with Crippen molar-refractivity contribution in [2.75, 3.05) is 7.11 Å². The first-order valence-electron chi connectivity index (χ1n) is 7.23. The fraction of sp³-hybridized carbons (Fsp3) is 0.111. The summed E-state index contributed by atoms with van der Waals surface area (Å²) in [6, 6.07) is 17.2. The van der Waals surface area contributed by atoms with Crippen LogP contribution >= 0.6 is 0 Å². The maximum atomic E-state index is 11.1. The van der Waals surface area contributed by atoms with E-state index in [9.17, 15) is 4.79 Å². The smallest absolute Gasteiger partial charge is 0.489 e. The first kappa shape index (κ1) is 15.6. The molecule has 0 radical (unpaired) electrons. The second-order valence-electron chi connectivity index (χ2n) is 4.85. The monoisotopic (exact) mass is 325 g/mol. The van der Waals surface area contributed by atoms with Gasteiger partial charge in [-0.2, -0.15) is 4.98 Å². The van der Waals surface area contributed by atoms with E-state index in [-0.39, 0.29) is 5.88 Å². The molecule has 6 nitrogen and oxygen atoms in total. The Balaban J connectivity index is 1.70. The summed E-state index contributed by atoms with van der Waals surface area (Å²) < 4.78 is 20.3. The van der Waals surface area contributed by atoms with Gasteiger partial charge in [0.25, 0.3) is 5.88 Å². The number of ether oxygens (including phenoxy) is 3. The molecule has 0 saturated heterocycles. The Hall–Kier alpha value is -3.28. The number of hydrogen-bond acceptors (Lipinski definition) is 6. The molecule has 0 atom stereocenters. The highest BCUT2D eigenvalue weighted by atomic mass is 16.7. The lowest BCUT2D eigenvalue weighted by atomic mass is 10.2. The van der Waals surface area contributed by atoms with Crippen LogP contribution in [0.5, 0.6) is 11.6 Å². The average Bonchev–Trinajstić information content (AvgIpc) is 3.09.